The third kappa shape index (κ3) is 2.12. The zero-order valence-corrected chi connectivity index (χ0v) is 11.7. The lowest BCUT2D eigenvalue weighted by atomic mass is 10.2. The minimum absolute atomic E-state index is 0.0656. The topological polar surface area (TPSA) is 59.2 Å². The van der Waals surface area contributed by atoms with Crippen molar-refractivity contribution in [3.05, 3.63) is 53.7 Å². The number of nitrogens with two attached hydrogens (primary N) is 1. The summed E-state index contributed by atoms with van der Waals surface area (Å²) in [7, 11) is 1.72. The van der Waals surface area contributed by atoms with Gasteiger partial charge in [-0.1, -0.05) is 18.2 Å². The second-order valence-electron chi connectivity index (χ2n) is 4.45. The summed E-state index contributed by atoms with van der Waals surface area (Å²) < 4.78 is 1.10. The largest absolute Gasteiger partial charge is 0.396 e. The Labute approximate surface area is 120 Å². The van der Waals surface area contributed by atoms with Gasteiger partial charge in [0.1, 0.15) is 0 Å². The number of hydrogen-bond donors (Lipinski definition) is 1. The van der Waals surface area contributed by atoms with Gasteiger partial charge in [-0.2, -0.15) is 0 Å². The van der Waals surface area contributed by atoms with Gasteiger partial charge in [0.25, 0.3) is 5.91 Å². The summed E-state index contributed by atoms with van der Waals surface area (Å²) in [6.07, 6.45) is 3.17. The molecule has 3 rings (SSSR count). The van der Waals surface area contributed by atoms with Gasteiger partial charge in [-0.05, 0) is 23.6 Å². The summed E-state index contributed by atoms with van der Waals surface area (Å²) >= 11 is 1.49. The van der Waals surface area contributed by atoms with Crippen LogP contribution < -0.4 is 10.6 Å². The normalized spacial score (nSPS) is 10.7. The maximum absolute atomic E-state index is 12.5. The fourth-order valence-corrected chi connectivity index (χ4v) is 3.11. The lowest BCUT2D eigenvalue weighted by Crippen LogP contribution is -2.26. The molecule has 0 atom stereocenters. The average Bonchev–Trinajstić information content (AvgIpc) is 2.90. The number of amides is 1. The second kappa shape index (κ2) is 4.94. The highest BCUT2D eigenvalue weighted by Gasteiger charge is 2.17. The number of carbonyl (C=O) groups excluding carboxylic acids is 1. The van der Waals surface area contributed by atoms with Crippen molar-refractivity contribution < 1.29 is 4.79 Å². The van der Waals surface area contributed by atoms with Crippen molar-refractivity contribution in [1.29, 1.82) is 0 Å². The molecular weight excluding hydrogens is 270 g/mol. The first kappa shape index (κ1) is 12.6. The molecule has 2 heterocycles. The summed E-state index contributed by atoms with van der Waals surface area (Å²) in [5.41, 5.74) is 7.02. The highest BCUT2D eigenvalue weighted by Crippen LogP contribution is 2.28. The van der Waals surface area contributed by atoms with E-state index in [0.29, 0.717) is 16.3 Å². The predicted molar refractivity (Wildman–Crippen MR) is 83.2 cm³/mol. The van der Waals surface area contributed by atoms with Crippen LogP contribution in [0.1, 0.15) is 9.67 Å². The first-order valence-corrected chi connectivity index (χ1v) is 6.94. The van der Waals surface area contributed by atoms with Gasteiger partial charge in [0.2, 0.25) is 0 Å². The van der Waals surface area contributed by atoms with Crippen molar-refractivity contribution in [3.63, 3.8) is 0 Å². The number of nitrogen functional groups attached to an aromatic ring is 1. The molecule has 1 amide bonds. The van der Waals surface area contributed by atoms with Gasteiger partial charge in [0.15, 0.2) is 0 Å². The van der Waals surface area contributed by atoms with Gasteiger partial charge in [-0.15, -0.1) is 11.3 Å². The maximum Gasteiger partial charge on any atom is 0.268 e. The van der Waals surface area contributed by atoms with Crippen molar-refractivity contribution in [2.24, 2.45) is 0 Å². The number of thiophene rings is 1. The molecule has 0 saturated carbocycles. The average molecular weight is 283 g/mol. The molecule has 4 nitrogen and oxygen atoms in total. The van der Waals surface area contributed by atoms with Crippen molar-refractivity contribution in [2.45, 2.75) is 0 Å². The molecule has 0 bridgehead atoms. The summed E-state index contributed by atoms with van der Waals surface area (Å²) in [6, 6.07) is 11.6. The van der Waals surface area contributed by atoms with Crippen molar-refractivity contribution in [3.8, 4) is 0 Å². The van der Waals surface area contributed by atoms with Gasteiger partial charge in [0.05, 0.1) is 22.4 Å². The molecule has 2 aromatic heterocycles. The minimum Gasteiger partial charge on any atom is -0.396 e. The van der Waals surface area contributed by atoms with Crippen LogP contribution in [0.2, 0.25) is 0 Å². The first-order valence-electron chi connectivity index (χ1n) is 6.13. The molecule has 0 aliphatic heterocycles. The van der Waals surface area contributed by atoms with E-state index in [1.807, 2.05) is 30.3 Å². The molecule has 0 saturated heterocycles. The Kier molecular flexibility index (Phi) is 3.12. The molecule has 0 unspecified atom stereocenters. The maximum atomic E-state index is 12.5. The van der Waals surface area contributed by atoms with Crippen LogP contribution in [0.15, 0.2) is 48.8 Å². The third-order valence-electron chi connectivity index (χ3n) is 3.13. The third-order valence-corrected chi connectivity index (χ3v) is 4.23. The number of pyridine rings is 1. The molecule has 20 heavy (non-hydrogen) atoms. The zero-order chi connectivity index (χ0) is 14.1. The highest BCUT2D eigenvalue weighted by molar-refractivity contribution is 7.20. The minimum atomic E-state index is -0.0656. The predicted octanol–water partition coefficient (Wildman–Crippen LogP) is 3.16. The molecule has 1 aromatic carbocycles. The van der Waals surface area contributed by atoms with Crippen LogP contribution in [0.25, 0.3) is 10.1 Å². The zero-order valence-electron chi connectivity index (χ0n) is 10.9. The van der Waals surface area contributed by atoms with Gasteiger partial charge in [-0.25, -0.2) is 0 Å². The molecule has 100 valence electrons. The second-order valence-corrected chi connectivity index (χ2v) is 5.53. The fraction of sp³-hybridized carbons (Fsp3) is 0.0667. The Morgan fingerprint density at radius 3 is 2.85 bits per heavy atom. The van der Waals surface area contributed by atoms with E-state index in [4.69, 9.17) is 5.73 Å². The van der Waals surface area contributed by atoms with Gasteiger partial charge >= 0.3 is 0 Å². The van der Waals surface area contributed by atoms with Crippen molar-refractivity contribution >= 4 is 38.7 Å². The Bertz CT molecular complexity index is 748. The van der Waals surface area contributed by atoms with Crippen LogP contribution in [0.4, 0.5) is 11.4 Å². The molecule has 2 N–H and O–H groups in total. The number of hydrogen-bond acceptors (Lipinski definition) is 4. The van der Waals surface area contributed by atoms with Crippen molar-refractivity contribution in [1.82, 2.24) is 4.98 Å². The number of anilines is 2. The Balaban J connectivity index is 1.98. The lowest BCUT2D eigenvalue weighted by Gasteiger charge is -2.17. The lowest BCUT2D eigenvalue weighted by molar-refractivity contribution is 0.0997. The SMILES string of the molecule is CN(C(=O)c1cc2ccccc2s1)c1ccncc1N. The smallest absolute Gasteiger partial charge is 0.268 e. The van der Waals surface area contributed by atoms with E-state index in [9.17, 15) is 4.79 Å². The number of aromatic nitrogens is 1. The van der Waals surface area contributed by atoms with E-state index in [1.165, 1.54) is 11.3 Å². The number of nitrogens with zero attached hydrogens (tertiary/aromatic N) is 2. The molecule has 0 aliphatic carbocycles. The van der Waals surface area contributed by atoms with E-state index in [0.717, 1.165) is 10.1 Å². The van der Waals surface area contributed by atoms with Crippen LogP contribution in [0, 0.1) is 0 Å². The molecule has 0 fully saturated rings. The van der Waals surface area contributed by atoms with E-state index in [1.54, 1.807) is 30.4 Å². The number of rotatable bonds is 2. The Hall–Kier alpha value is -2.40. The number of carbonyl (C=O) groups is 1. The molecule has 3 aromatic rings. The van der Waals surface area contributed by atoms with Gasteiger partial charge in [-0.3, -0.25) is 9.78 Å². The van der Waals surface area contributed by atoms with Crippen LogP contribution in [0.5, 0.6) is 0 Å². The Morgan fingerprint density at radius 2 is 2.10 bits per heavy atom. The van der Waals surface area contributed by atoms with Crippen LogP contribution in [-0.2, 0) is 0 Å². The van der Waals surface area contributed by atoms with Crippen LogP contribution in [0.3, 0.4) is 0 Å². The molecule has 5 heteroatoms. The van der Waals surface area contributed by atoms with Crippen LogP contribution >= 0.6 is 11.3 Å². The standard InChI is InChI=1S/C15H13N3OS/c1-18(12-6-7-17-9-11(12)16)15(19)14-8-10-4-2-3-5-13(10)20-14/h2-9H,16H2,1H3. The fourth-order valence-electron chi connectivity index (χ4n) is 2.07. The monoisotopic (exact) mass is 283 g/mol. The summed E-state index contributed by atoms with van der Waals surface area (Å²) in [4.78, 5) is 18.7. The van der Waals surface area contributed by atoms with E-state index >= 15 is 0 Å². The molecule has 0 aliphatic rings. The quantitative estimate of drug-likeness (QED) is 0.786. The van der Waals surface area contributed by atoms with E-state index in [2.05, 4.69) is 4.98 Å². The molecular formula is C15H13N3OS. The van der Waals surface area contributed by atoms with Gasteiger partial charge < -0.3 is 10.6 Å². The summed E-state index contributed by atoms with van der Waals surface area (Å²) in [6.45, 7) is 0. The highest BCUT2D eigenvalue weighted by atomic mass is 32.1. The summed E-state index contributed by atoms with van der Waals surface area (Å²) in [5, 5.41) is 1.08. The molecule has 0 spiro atoms. The van der Waals surface area contributed by atoms with E-state index < -0.39 is 0 Å². The first-order chi connectivity index (χ1) is 9.66. The molecule has 0 radical (unpaired) electrons. The Morgan fingerprint density at radius 1 is 1.30 bits per heavy atom. The van der Waals surface area contributed by atoms with Crippen molar-refractivity contribution in [2.75, 3.05) is 17.7 Å². The van der Waals surface area contributed by atoms with E-state index in [-0.39, 0.29) is 5.91 Å². The number of fused-ring (bicyclic) bond motifs is 1. The summed E-state index contributed by atoms with van der Waals surface area (Å²) in [5.74, 6) is -0.0656. The van der Waals surface area contributed by atoms with Crippen LogP contribution in [-0.4, -0.2) is 17.9 Å². The number of benzene rings is 1. The van der Waals surface area contributed by atoms with Gasteiger partial charge in [0, 0.05) is 17.9 Å².